The van der Waals surface area contributed by atoms with Crippen molar-refractivity contribution in [3.8, 4) is 5.88 Å². The zero-order valence-corrected chi connectivity index (χ0v) is 23.6. The number of anilines is 2. The molecule has 4 heterocycles. The minimum atomic E-state index is -0.895. The highest BCUT2D eigenvalue weighted by Crippen LogP contribution is 2.21. The SMILES string of the molecule is Cn1c(N[C@@H](CCN(CCCCc2ccc3c(n2)NCCC3)CCOc2ccccn2)C(=O)O)nc2ccccc21. The van der Waals surface area contributed by atoms with E-state index in [1.54, 1.807) is 6.20 Å². The van der Waals surface area contributed by atoms with Crippen molar-refractivity contribution in [1.29, 1.82) is 0 Å². The number of aromatic nitrogens is 4. The summed E-state index contributed by atoms with van der Waals surface area (Å²) in [6.07, 6.45) is 7.29. The van der Waals surface area contributed by atoms with Gasteiger partial charge in [0.2, 0.25) is 11.8 Å². The molecule has 0 fully saturated rings. The van der Waals surface area contributed by atoms with Crippen LogP contribution in [0.5, 0.6) is 5.88 Å². The smallest absolute Gasteiger partial charge is 0.326 e. The predicted octanol–water partition coefficient (Wildman–Crippen LogP) is 4.38. The van der Waals surface area contributed by atoms with Gasteiger partial charge in [0.1, 0.15) is 18.5 Å². The van der Waals surface area contributed by atoms with Crippen molar-refractivity contribution in [3.05, 3.63) is 72.1 Å². The molecule has 10 heteroatoms. The topological polar surface area (TPSA) is 117 Å². The lowest BCUT2D eigenvalue weighted by atomic mass is 10.1. The summed E-state index contributed by atoms with van der Waals surface area (Å²) in [7, 11) is 1.89. The Balaban J connectivity index is 1.17. The summed E-state index contributed by atoms with van der Waals surface area (Å²) in [5, 5.41) is 16.6. The highest BCUT2D eigenvalue weighted by molar-refractivity contribution is 5.81. The number of fused-ring (bicyclic) bond motifs is 2. The van der Waals surface area contributed by atoms with E-state index in [4.69, 9.17) is 9.72 Å². The van der Waals surface area contributed by atoms with Crippen LogP contribution in [0.4, 0.5) is 11.8 Å². The second-order valence-corrected chi connectivity index (χ2v) is 10.5. The molecule has 1 aliphatic heterocycles. The van der Waals surface area contributed by atoms with Gasteiger partial charge in [0, 0.05) is 44.6 Å². The van der Waals surface area contributed by atoms with Crippen molar-refractivity contribution >= 4 is 28.8 Å². The third-order valence-electron chi connectivity index (χ3n) is 7.53. The molecule has 0 saturated heterocycles. The number of nitrogens with zero attached hydrogens (tertiary/aromatic N) is 5. The molecule has 10 nitrogen and oxygen atoms in total. The highest BCUT2D eigenvalue weighted by Gasteiger charge is 2.21. The maximum absolute atomic E-state index is 12.2. The maximum atomic E-state index is 12.2. The van der Waals surface area contributed by atoms with Crippen LogP contribution in [0.3, 0.4) is 0 Å². The Labute approximate surface area is 240 Å². The van der Waals surface area contributed by atoms with Crippen LogP contribution in [-0.4, -0.2) is 74.3 Å². The summed E-state index contributed by atoms with van der Waals surface area (Å²) in [6.45, 7) is 3.59. The summed E-state index contributed by atoms with van der Waals surface area (Å²) in [5.41, 5.74) is 4.20. The monoisotopic (exact) mass is 557 g/mol. The first-order valence-corrected chi connectivity index (χ1v) is 14.5. The molecule has 4 aromatic rings. The van der Waals surface area contributed by atoms with Crippen LogP contribution in [0.1, 0.15) is 36.9 Å². The van der Waals surface area contributed by atoms with E-state index in [0.717, 1.165) is 67.7 Å². The van der Waals surface area contributed by atoms with Crippen LogP contribution in [0.25, 0.3) is 11.0 Å². The lowest BCUT2D eigenvalue weighted by Crippen LogP contribution is -2.37. The van der Waals surface area contributed by atoms with Crippen LogP contribution in [0, 0.1) is 0 Å². The van der Waals surface area contributed by atoms with Crippen molar-refractivity contribution in [3.63, 3.8) is 0 Å². The number of aryl methyl sites for hydroxylation is 3. The lowest BCUT2D eigenvalue weighted by molar-refractivity contribution is -0.138. The molecule has 0 bridgehead atoms. The fraction of sp³-hybridized carbons (Fsp3) is 0.419. The van der Waals surface area contributed by atoms with Crippen molar-refractivity contribution in [2.75, 3.05) is 43.4 Å². The average Bonchev–Trinajstić information content (AvgIpc) is 3.32. The molecule has 41 heavy (non-hydrogen) atoms. The van der Waals surface area contributed by atoms with E-state index in [1.165, 1.54) is 5.56 Å². The fourth-order valence-corrected chi connectivity index (χ4v) is 5.20. The van der Waals surface area contributed by atoms with Crippen LogP contribution < -0.4 is 15.4 Å². The molecule has 0 amide bonds. The molecule has 1 aliphatic rings. The standard InChI is InChI=1S/C31H39N7O3/c1-37-27-12-3-2-11-25(27)35-31(37)36-26(30(39)40)16-20-38(21-22-41-28-13-4-6-17-32-28)19-7-5-10-24-15-14-23-9-8-18-33-29(23)34-24/h2-4,6,11-15,17,26H,5,7-10,16,18-22H2,1H3,(H,33,34)(H,35,36)(H,39,40)/t26-/m0/s1. The van der Waals surface area contributed by atoms with E-state index in [1.807, 2.05) is 54.1 Å². The predicted molar refractivity (Wildman–Crippen MR) is 161 cm³/mol. The number of imidazole rings is 1. The first kappa shape index (κ1) is 28.4. The number of hydrogen-bond acceptors (Lipinski definition) is 8. The summed E-state index contributed by atoms with van der Waals surface area (Å²) < 4.78 is 7.75. The number of ether oxygens (including phenoxy) is 1. The second-order valence-electron chi connectivity index (χ2n) is 10.5. The quantitative estimate of drug-likeness (QED) is 0.183. The molecule has 1 atom stereocenters. The van der Waals surface area contributed by atoms with E-state index >= 15 is 0 Å². The van der Waals surface area contributed by atoms with E-state index in [0.29, 0.717) is 37.9 Å². The number of nitrogens with one attached hydrogen (secondary N) is 2. The van der Waals surface area contributed by atoms with E-state index in [2.05, 4.69) is 37.6 Å². The molecular weight excluding hydrogens is 518 g/mol. The molecule has 0 saturated carbocycles. The normalized spacial score (nSPS) is 13.5. The Hall–Kier alpha value is -4.18. The first-order valence-electron chi connectivity index (χ1n) is 14.5. The zero-order valence-electron chi connectivity index (χ0n) is 23.6. The number of benzene rings is 1. The number of carboxylic acids is 1. The molecule has 216 valence electrons. The van der Waals surface area contributed by atoms with Gasteiger partial charge in [0.05, 0.1) is 11.0 Å². The summed E-state index contributed by atoms with van der Waals surface area (Å²) in [5.74, 6) is 1.28. The average molecular weight is 558 g/mol. The van der Waals surface area contributed by atoms with E-state index in [-0.39, 0.29) is 0 Å². The number of carboxylic acid groups (broad SMARTS) is 1. The van der Waals surface area contributed by atoms with Gasteiger partial charge in [-0.1, -0.05) is 24.3 Å². The van der Waals surface area contributed by atoms with Crippen molar-refractivity contribution < 1.29 is 14.6 Å². The Bertz CT molecular complexity index is 1430. The molecule has 1 aromatic carbocycles. The third kappa shape index (κ3) is 7.73. The van der Waals surface area contributed by atoms with Gasteiger partial charge in [-0.15, -0.1) is 0 Å². The second kappa shape index (κ2) is 13.9. The van der Waals surface area contributed by atoms with Crippen LogP contribution >= 0.6 is 0 Å². The van der Waals surface area contributed by atoms with Gasteiger partial charge >= 0.3 is 5.97 Å². The highest BCUT2D eigenvalue weighted by atomic mass is 16.5. The number of hydrogen-bond donors (Lipinski definition) is 3. The van der Waals surface area contributed by atoms with E-state index < -0.39 is 12.0 Å². The van der Waals surface area contributed by atoms with Gasteiger partial charge in [-0.05, 0) is 74.9 Å². The number of pyridine rings is 2. The number of para-hydroxylation sites is 2. The van der Waals surface area contributed by atoms with Gasteiger partial charge in [-0.2, -0.15) is 0 Å². The molecule has 0 radical (unpaired) electrons. The molecule has 0 spiro atoms. The van der Waals surface area contributed by atoms with Crippen LogP contribution in [0.15, 0.2) is 60.8 Å². The fourth-order valence-electron chi connectivity index (χ4n) is 5.20. The molecule has 5 rings (SSSR count). The summed E-state index contributed by atoms with van der Waals surface area (Å²) in [4.78, 5) is 28.1. The molecular formula is C31H39N7O3. The molecule has 3 aromatic heterocycles. The van der Waals surface area contributed by atoms with Gasteiger partial charge < -0.3 is 25.0 Å². The minimum absolute atomic E-state index is 0.431. The van der Waals surface area contributed by atoms with Crippen LogP contribution in [-0.2, 0) is 24.7 Å². The number of carbonyl (C=O) groups is 1. The molecule has 0 unspecified atom stereocenters. The first-order chi connectivity index (χ1) is 20.1. The third-order valence-corrected chi connectivity index (χ3v) is 7.53. The number of unbranched alkanes of at least 4 members (excludes halogenated alkanes) is 1. The van der Waals surface area contributed by atoms with Crippen LogP contribution in [0.2, 0.25) is 0 Å². The van der Waals surface area contributed by atoms with Gasteiger partial charge in [0.25, 0.3) is 0 Å². The molecule has 3 N–H and O–H groups in total. The van der Waals surface area contributed by atoms with Gasteiger partial charge in [-0.3, -0.25) is 4.90 Å². The Morgan fingerprint density at radius 2 is 1.98 bits per heavy atom. The Morgan fingerprint density at radius 3 is 2.80 bits per heavy atom. The van der Waals surface area contributed by atoms with Crippen molar-refractivity contribution in [2.24, 2.45) is 7.05 Å². The minimum Gasteiger partial charge on any atom is -0.480 e. The van der Waals surface area contributed by atoms with Gasteiger partial charge in [-0.25, -0.2) is 19.7 Å². The van der Waals surface area contributed by atoms with E-state index in [9.17, 15) is 9.90 Å². The van der Waals surface area contributed by atoms with Crippen molar-refractivity contribution in [1.82, 2.24) is 24.4 Å². The largest absolute Gasteiger partial charge is 0.480 e. The lowest BCUT2D eigenvalue weighted by Gasteiger charge is -2.24. The summed E-state index contributed by atoms with van der Waals surface area (Å²) >= 11 is 0. The molecule has 0 aliphatic carbocycles. The van der Waals surface area contributed by atoms with Crippen molar-refractivity contribution in [2.45, 2.75) is 44.6 Å². The maximum Gasteiger partial charge on any atom is 0.326 e. The Morgan fingerprint density at radius 1 is 1.10 bits per heavy atom. The zero-order chi connectivity index (χ0) is 28.4. The number of rotatable bonds is 15. The Kier molecular flexibility index (Phi) is 9.64. The van der Waals surface area contributed by atoms with Gasteiger partial charge in [0.15, 0.2) is 0 Å². The summed E-state index contributed by atoms with van der Waals surface area (Å²) in [6, 6.07) is 17.0. The number of aliphatic carboxylic acids is 1.